The highest BCUT2D eigenvalue weighted by Crippen LogP contribution is 2.29. The maximum Gasteiger partial charge on any atom is 0.255 e. The third-order valence-electron chi connectivity index (χ3n) is 4.14. The first kappa shape index (κ1) is 16.4. The number of nitrogens with zero attached hydrogens (tertiary/aromatic N) is 1. The predicted molar refractivity (Wildman–Crippen MR) is 101 cm³/mol. The zero-order valence-electron chi connectivity index (χ0n) is 13.7. The zero-order chi connectivity index (χ0) is 17.9. The molecular weight excluding hydrogens is 348 g/mol. The molecule has 26 heavy (non-hydrogen) atoms. The molecule has 0 radical (unpaired) electrons. The number of aromatic nitrogens is 1. The van der Waals surface area contributed by atoms with Crippen molar-refractivity contribution in [3.8, 4) is 0 Å². The standard InChI is InChI=1S/C21H15ClN2O2/c22-20-16(10-6-12-23-20)21(25)24-19(14-7-2-1-3-8-14)18-13-15-9-4-5-11-17(15)26-18/h1-13,19H,(H,24,25). The van der Waals surface area contributed by atoms with Crippen LogP contribution in [0, 0.1) is 0 Å². The van der Waals surface area contributed by atoms with E-state index in [9.17, 15) is 4.79 Å². The summed E-state index contributed by atoms with van der Waals surface area (Å²) in [6.07, 6.45) is 1.55. The molecule has 128 valence electrons. The minimum atomic E-state index is -0.438. The molecule has 0 aliphatic heterocycles. The Hall–Kier alpha value is -3.11. The molecule has 4 rings (SSSR count). The minimum Gasteiger partial charge on any atom is -0.459 e. The number of pyridine rings is 1. The van der Waals surface area contributed by atoms with Crippen molar-refractivity contribution in [3.63, 3.8) is 0 Å². The van der Waals surface area contributed by atoms with Gasteiger partial charge in [-0.3, -0.25) is 4.79 Å². The molecule has 0 spiro atoms. The van der Waals surface area contributed by atoms with Crippen LogP contribution in [-0.4, -0.2) is 10.9 Å². The number of amides is 1. The van der Waals surface area contributed by atoms with Gasteiger partial charge in [-0.15, -0.1) is 0 Å². The Morgan fingerprint density at radius 3 is 2.54 bits per heavy atom. The molecule has 0 aliphatic rings. The van der Waals surface area contributed by atoms with Crippen LogP contribution in [0.3, 0.4) is 0 Å². The summed E-state index contributed by atoms with van der Waals surface area (Å²) in [6, 6.07) is 22.3. The van der Waals surface area contributed by atoms with Gasteiger partial charge in [0.25, 0.3) is 5.91 Å². The highest BCUT2D eigenvalue weighted by atomic mass is 35.5. The molecule has 1 atom stereocenters. The van der Waals surface area contributed by atoms with E-state index in [1.807, 2.05) is 60.7 Å². The van der Waals surface area contributed by atoms with E-state index in [0.717, 1.165) is 16.5 Å². The first-order valence-corrected chi connectivity index (χ1v) is 8.55. The van der Waals surface area contributed by atoms with Gasteiger partial charge in [0.05, 0.1) is 5.56 Å². The van der Waals surface area contributed by atoms with E-state index in [1.54, 1.807) is 18.3 Å². The molecule has 0 saturated heterocycles. The number of hydrogen-bond donors (Lipinski definition) is 1. The molecular formula is C21H15ClN2O2. The Balaban J connectivity index is 1.74. The first-order chi connectivity index (χ1) is 12.7. The highest BCUT2D eigenvalue weighted by Gasteiger charge is 2.22. The van der Waals surface area contributed by atoms with Crippen LogP contribution in [0.5, 0.6) is 0 Å². The Morgan fingerprint density at radius 1 is 1.00 bits per heavy atom. The maximum absolute atomic E-state index is 12.8. The van der Waals surface area contributed by atoms with E-state index >= 15 is 0 Å². The summed E-state index contributed by atoms with van der Waals surface area (Å²) in [7, 11) is 0. The predicted octanol–water partition coefficient (Wildman–Crippen LogP) is 5.00. The molecule has 0 saturated carbocycles. The maximum atomic E-state index is 12.8. The third-order valence-corrected chi connectivity index (χ3v) is 4.44. The van der Waals surface area contributed by atoms with E-state index in [0.29, 0.717) is 11.3 Å². The number of fused-ring (bicyclic) bond motifs is 1. The molecule has 2 aromatic carbocycles. The molecule has 4 aromatic rings. The summed E-state index contributed by atoms with van der Waals surface area (Å²) in [5.74, 6) is 0.350. The molecule has 2 heterocycles. The fourth-order valence-electron chi connectivity index (χ4n) is 2.87. The number of halogens is 1. The van der Waals surface area contributed by atoms with Gasteiger partial charge < -0.3 is 9.73 Å². The average Bonchev–Trinajstić information content (AvgIpc) is 3.11. The summed E-state index contributed by atoms with van der Waals surface area (Å²) in [5.41, 5.74) is 2.02. The third kappa shape index (κ3) is 3.19. The number of nitrogens with one attached hydrogen (secondary N) is 1. The Labute approximate surface area is 155 Å². The van der Waals surface area contributed by atoms with Crippen LogP contribution in [0.4, 0.5) is 0 Å². The van der Waals surface area contributed by atoms with Crippen LogP contribution in [0.15, 0.2) is 83.4 Å². The lowest BCUT2D eigenvalue weighted by atomic mass is 10.0. The molecule has 1 unspecified atom stereocenters. The van der Waals surface area contributed by atoms with Gasteiger partial charge in [-0.1, -0.05) is 60.1 Å². The largest absolute Gasteiger partial charge is 0.459 e. The van der Waals surface area contributed by atoms with Gasteiger partial charge in [0.2, 0.25) is 0 Å². The number of carbonyl (C=O) groups excluding carboxylic acids is 1. The lowest BCUT2D eigenvalue weighted by molar-refractivity contribution is 0.0939. The summed E-state index contributed by atoms with van der Waals surface area (Å²) >= 11 is 6.06. The number of hydrogen-bond acceptors (Lipinski definition) is 3. The van der Waals surface area contributed by atoms with Gasteiger partial charge in [-0.25, -0.2) is 4.98 Å². The number of carbonyl (C=O) groups is 1. The van der Waals surface area contributed by atoms with E-state index < -0.39 is 6.04 Å². The second-order valence-corrected chi connectivity index (χ2v) is 6.20. The topological polar surface area (TPSA) is 55.1 Å². The van der Waals surface area contributed by atoms with Crippen LogP contribution in [-0.2, 0) is 0 Å². The van der Waals surface area contributed by atoms with Crippen molar-refractivity contribution in [1.82, 2.24) is 10.3 Å². The van der Waals surface area contributed by atoms with Gasteiger partial charge in [-0.2, -0.15) is 0 Å². The monoisotopic (exact) mass is 362 g/mol. The van der Waals surface area contributed by atoms with Gasteiger partial charge in [0, 0.05) is 11.6 Å². The van der Waals surface area contributed by atoms with Gasteiger partial charge in [0.1, 0.15) is 22.5 Å². The van der Waals surface area contributed by atoms with Crippen molar-refractivity contribution in [2.75, 3.05) is 0 Å². The SMILES string of the molecule is O=C(NC(c1ccccc1)c1cc2ccccc2o1)c1cccnc1Cl. The quantitative estimate of drug-likeness (QED) is 0.520. The molecule has 2 aromatic heterocycles. The van der Waals surface area contributed by atoms with Crippen molar-refractivity contribution in [1.29, 1.82) is 0 Å². The molecule has 0 aliphatic carbocycles. The second kappa shape index (κ2) is 7.02. The van der Waals surface area contributed by atoms with Crippen LogP contribution in [0.2, 0.25) is 5.15 Å². The lowest BCUT2D eigenvalue weighted by Crippen LogP contribution is -2.29. The molecule has 0 fully saturated rings. The molecule has 5 heteroatoms. The van der Waals surface area contributed by atoms with Crippen molar-refractivity contribution < 1.29 is 9.21 Å². The number of benzene rings is 2. The summed E-state index contributed by atoms with van der Waals surface area (Å²) in [4.78, 5) is 16.7. The smallest absolute Gasteiger partial charge is 0.255 e. The number of para-hydroxylation sites is 1. The number of furan rings is 1. The van der Waals surface area contributed by atoms with E-state index in [2.05, 4.69) is 10.3 Å². The Bertz CT molecular complexity index is 1030. The van der Waals surface area contributed by atoms with Crippen molar-refractivity contribution >= 4 is 28.5 Å². The van der Waals surface area contributed by atoms with Crippen LogP contribution in [0.1, 0.15) is 27.7 Å². The highest BCUT2D eigenvalue weighted by molar-refractivity contribution is 6.32. The lowest BCUT2D eigenvalue weighted by Gasteiger charge is -2.17. The molecule has 1 amide bonds. The Kier molecular flexibility index (Phi) is 4.42. The fourth-order valence-corrected chi connectivity index (χ4v) is 3.08. The summed E-state index contributed by atoms with van der Waals surface area (Å²) in [5, 5.41) is 4.16. The molecule has 1 N–H and O–H groups in total. The van der Waals surface area contributed by atoms with E-state index in [4.69, 9.17) is 16.0 Å². The van der Waals surface area contributed by atoms with E-state index in [-0.39, 0.29) is 11.1 Å². The number of rotatable bonds is 4. The van der Waals surface area contributed by atoms with E-state index in [1.165, 1.54) is 0 Å². The van der Waals surface area contributed by atoms with Crippen molar-refractivity contribution in [2.24, 2.45) is 0 Å². The van der Waals surface area contributed by atoms with Crippen molar-refractivity contribution in [3.05, 3.63) is 101 Å². The van der Waals surface area contributed by atoms with Crippen molar-refractivity contribution in [2.45, 2.75) is 6.04 Å². The zero-order valence-corrected chi connectivity index (χ0v) is 14.5. The van der Waals surface area contributed by atoms with Crippen LogP contribution in [0.25, 0.3) is 11.0 Å². The first-order valence-electron chi connectivity index (χ1n) is 8.17. The summed E-state index contributed by atoms with van der Waals surface area (Å²) < 4.78 is 5.99. The van der Waals surface area contributed by atoms with Gasteiger partial charge in [0.15, 0.2) is 0 Å². The van der Waals surface area contributed by atoms with Gasteiger partial charge >= 0.3 is 0 Å². The second-order valence-electron chi connectivity index (χ2n) is 5.85. The van der Waals surface area contributed by atoms with Crippen LogP contribution < -0.4 is 5.32 Å². The summed E-state index contributed by atoms with van der Waals surface area (Å²) in [6.45, 7) is 0. The Morgan fingerprint density at radius 2 is 1.77 bits per heavy atom. The normalized spacial score (nSPS) is 12.0. The molecule has 0 bridgehead atoms. The minimum absolute atomic E-state index is 0.168. The van der Waals surface area contributed by atoms with Crippen LogP contribution >= 0.6 is 11.6 Å². The average molecular weight is 363 g/mol. The fraction of sp³-hybridized carbons (Fsp3) is 0.0476. The molecule has 4 nitrogen and oxygen atoms in total. The van der Waals surface area contributed by atoms with Gasteiger partial charge in [-0.05, 0) is 29.8 Å².